The summed E-state index contributed by atoms with van der Waals surface area (Å²) >= 11 is 0. The lowest BCUT2D eigenvalue weighted by molar-refractivity contribution is -0.133. The van der Waals surface area contributed by atoms with Crippen LogP contribution in [0.2, 0.25) is 0 Å². The molecule has 0 aliphatic carbocycles. The molecule has 0 unspecified atom stereocenters. The van der Waals surface area contributed by atoms with Crippen molar-refractivity contribution in [3.63, 3.8) is 0 Å². The van der Waals surface area contributed by atoms with Crippen LogP contribution in [0.25, 0.3) is 0 Å². The number of anilines is 1. The summed E-state index contributed by atoms with van der Waals surface area (Å²) in [6.07, 6.45) is 0.937. The van der Waals surface area contributed by atoms with Gasteiger partial charge < -0.3 is 4.90 Å². The Morgan fingerprint density at radius 1 is 1.55 bits per heavy atom. The van der Waals surface area contributed by atoms with Crippen molar-refractivity contribution in [2.75, 3.05) is 11.4 Å². The highest BCUT2D eigenvalue weighted by Crippen LogP contribution is 2.27. The van der Waals surface area contributed by atoms with Crippen molar-refractivity contribution in [3.8, 4) is 6.07 Å². The molecule has 5 heteroatoms. The molecule has 1 aliphatic rings. The average molecular weight is 274 g/mol. The number of ketones is 1. The van der Waals surface area contributed by atoms with Gasteiger partial charge in [-0.1, -0.05) is 0 Å². The van der Waals surface area contributed by atoms with Crippen molar-refractivity contribution in [2.45, 2.75) is 26.2 Å². The number of piperidine rings is 1. The molecule has 20 heavy (non-hydrogen) atoms. The second kappa shape index (κ2) is 5.83. The molecule has 0 N–H and O–H groups in total. The first kappa shape index (κ1) is 14.2. The minimum Gasteiger partial charge on any atom is -0.312 e. The van der Waals surface area contributed by atoms with E-state index in [-0.39, 0.29) is 23.9 Å². The van der Waals surface area contributed by atoms with Crippen LogP contribution in [-0.4, -0.2) is 18.2 Å². The Hall–Kier alpha value is -2.22. The van der Waals surface area contributed by atoms with Crippen molar-refractivity contribution < 1.29 is 14.0 Å². The quantitative estimate of drug-likeness (QED) is 0.795. The third kappa shape index (κ3) is 2.69. The van der Waals surface area contributed by atoms with Gasteiger partial charge in [-0.25, -0.2) is 4.39 Å². The van der Waals surface area contributed by atoms with Gasteiger partial charge in [-0.2, -0.15) is 5.26 Å². The van der Waals surface area contributed by atoms with E-state index >= 15 is 0 Å². The zero-order chi connectivity index (χ0) is 14.7. The third-order valence-electron chi connectivity index (χ3n) is 3.53. The molecule has 1 aromatic rings. The molecule has 104 valence electrons. The number of benzene rings is 1. The van der Waals surface area contributed by atoms with E-state index < -0.39 is 5.92 Å². The monoisotopic (exact) mass is 274 g/mol. The Morgan fingerprint density at radius 2 is 2.30 bits per heavy atom. The van der Waals surface area contributed by atoms with Crippen molar-refractivity contribution in [1.82, 2.24) is 0 Å². The Labute approximate surface area is 116 Å². The third-order valence-corrected chi connectivity index (χ3v) is 3.53. The van der Waals surface area contributed by atoms with Crippen LogP contribution in [0.4, 0.5) is 10.1 Å². The largest absolute Gasteiger partial charge is 0.312 e. The first-order valence-electron chi connectivity index (χ1n) is 6.52. The predicted molar refractivity (Wildman–Crippen MR) is 71.5 cm³/mol. The molecule has 1 aliphatic heterocycles. The fourth-order valence-corrected chi connectivity index (χ4v) is 2.43. The lowest BCUT2D eigenvalue weighted by Gasteiger charge is -2.31. The number of Topliss-reactive ketones (excluding diaryl/α,β-unsaturated/α-hetero) is 1. The Balaban J connectivity index is 2.24. The smallest absolute Gasteiger partial charge is 0.237 e. The van der Waals surface area contributed by atoms with Crippen molar-refractivity contribution in [3.05, 3.63) is 29.6 Å². The number of halogens is 1. The van der Waals surface area contributed by atoms with Crippen LogP contribution in [0.3, 0.4) is 0 Å². The van der Waals surface area contributed by atoms with E-state index in [0.29, 0.717) is 30.6 Å². The molecule has 0 aromatic heterocycles. The van der Waals surface area contributed by atoms with E-state index in [1.807, 2.05) is 0 Å². The molecule has 0 saturated carbocycles. The van der Waals surface area contributed by atoms with Gasteiger partial charge in [-0.15, -0.1) is 0 Å². The van der Waals surface area contributed by atoms with E-state index in [2.05, 4.69) is 0 Å². The van der Waals surface area contributed by atoms with Crippen LogP contribution in [0.1, 0.15) is 24.8 Å². The van der Waals surface area contributed by atoms with Crippen molar-refractivity contribution in [1.29, 1.82) is 5.26 Å². The molecular weight excluding hydrogens is 259 g/mol. The Kier molecular flexibility index (Phi) is 4.14. The minimum atomic E-state index is -0.742. The van der Waals surface area contributed by atoms with E-state index in [4.69, 9.17) is 5.26 Å². The van der Waals surface area contributed by atoms with E-state index in [1.54, 1.807) is 19.1 Å². The summed E-state index contributed by atoms with van der Waals surface area (Å²) in [4.78, 5) is 25.6. The summed E-state index contributed by atoms with van der Waals surface area (Å²) in [5.74, 6) is -1.69. The molecule has 0 bridgehead atoms. The first-order chi connectivity index (χ1) is 9.54. The van der Waals surface area contributed by atoms with Crippen molar-refractivity contribution in [2.24, 2.45) is 5.92 Å². The maximum Gasteiger partial charge on any atom is 0.237 e. The topological polar surface area (TPSA) is 61.2 Å². The molecule has 0 radical (unpaired) electrons. The molecule has 1 atom stereocenters. The fourth-order valence-electron chi connectivity index (χ4n) is 2.43. The van der Waals surface area contributed by atoms with Crippen LogP contribution in [0.5, 0.6) is 0 Å². The molecule has 1 fully saturated rings. The summed E-state index contributed by atoms with van der Waals surface area (Å²) < 4.78 is 13.3. The lowest BCUT2D eigenvalue weighted by Crippen LogP contribution is -2.44. The lowest BCUT2D eigenvalue weighted by atomic mass is 9.91. The Morgan fingerprint density at radius 3 is 2.95 bits per heavy atom. The number of carbonyl (C=O) groups is 2. The number of rotatable bonds is 3. The van der Waals surface area contributed by atoms with Gasteiger partial charge in [0, 0.05) is 12.2 Å². The van der Waals surface area contributed by atoms with Crippen LogP contribution in [0, 0.1) is 30.0 Å². The van der Waals surface area contributed by atoms with Gasteiger partial charge in [0.15, 0.2) is 5.78 Å². The van der Waals surface area contributed by atoms with Crippen molar-refractivity contribution >= 4 is 17.4 Å². The van der Waals surface area contributed by atoms with E-state index in [0.717, 1.165) is 0 Å². The van der Waals surface area contributed by atoms with Crippen LogP contribution >= 0.6 is 0 Å². The highest BCUT2D eigenvalue weighted by Gasteiger charge is 2.34. The number of aryl methyl sites for hydroxylation is 1. The maximum absolute atomic E-state index is 13.3. The summed E-state index contributed by atoms with van der Waals surface area (Å²) in [7, 11) is 0. The summed E-state index contributed by atoms with van der Waals surface area (Å²) in [6, 6.07) is 6.25. The predicted octanol–water partition coefficient (Wildman–Crippen LogP) is 2.36. The van der Waals surface area contributed by atoms with Gasteiger partial charge >= 0.3 is 0 Å². The average Bonchev–Trinajstić information content (AvgIpc) is 2.42. The second-order valence-electron chi connectivity index (χ2n) is 4.92. The van der Waals surface area contributed by atoms with Gasteiger partial charge in [0.1, 0.15) is 5.82 Å². The molecule has 0 spiro atoms. The van der Waals surface area contributed by atoms with Gasteiger partial charge in [0.2, 0.25) is 5.91 Å². The number of hydrogen-bond acceptors (Lipinski definition) is 3. The van der Waals surface area contributed by atoms with E-state index in [1.165, 1.54) is 17.0 Å². The minimum absolute atomic E-state index is 0.243. The molecule has 4 nitrogen and oxygen atoms in total. The summed E-state index contributed by atoms with van der Waals surface area (Å²) in [5, 5.41) is 8.57. The molecular formula is C15H15FN2O2. The number of nitrogens with zero attached hydrogens (tertiary/aromatic N) is 2. The van der Waals surface area contributed by atoms with Gasteiger partial charge in [0.25, 0.3) is 0 Å². The maximum atomic E-state index is 13.3. The highest BCUT2D eigenvalue weighted by molar-refractivity contribution is 6.09. The number of hydrogen-bond donors (Lipinski definition) is 0. The molecule has 1 saturated heterocycles. The van der Waals surface area contributed by atoms with Crippen LogP contribution in [-0.2, 0) is 9.59 Å². The zero-order valence-corrected chi connectivity index (χ0v) is 11.2. The SMILES string of the molecule is Cc1cc(N2CCC[C@H](C(=O)CC#N)C2=O)ccc1F. The number of nitriles is 1. The van der Waals surface area contributed by atoms with Crippen LogP contribution < -0.4 is 4.90 Å². The molecule has 1 amide bonds. The number of carbonyl (C=O) groups excluding carboxylic acids is 2. The zero-order valence-electron chi connectivity index (χ0n) is 11.2. The number of amides is 1. The first-order valence-corrected chi connectivity index (χ1v) is 6.52. The molecule has 1 aromatic carbocycles. The van der Waals surface area contributed by atoms with E-state index in [9.17, 15) is 14.0 Å². The molecule has 2 rings (SSSR count). The molecule has 1 heterocycles. The Bertz CT molecular complexity index is 592. The summed E-state index contributed by atoms with van der Waals surface area (Å²) in [6.45, 7) is 2.14. The summed E-state index contributed by atoms with van der Waals surface area (Å²) in [5.41, 5.74) is 1.06. The van der Waals surface area contributed by atoms with Gasteiger partial charge in [-0.05, 0) is 43.5 Å². The van der Waals surface area contributed by atoms with Gasteiger partial charge in [-0.3, -0.25) is 9.59 Å². The fraction of sp³-hybridized carbons (Fsp3) is 0.400. The van der Waals surface area contributed by atoms with Gasteiger partial charge in [0.05, 0.1) is 18.4 Å². The standard InChI is InChI=1S/C15H15FN2O2/c1-10-9-11(4-5-13(10)16)18-8-2-3-12(15(18)20)14(19)6-7-17/h4-5,9,12H,2-3,6,8H2,1H3/t12-/m1/s1. The normalized spacial score (nSPS) is 18.8. The second-order valence-corrected chi connectivity index (χ2v) is 4.92. The highest BCUT2D eigenvalue weighted by atomic mass is 19.1. The van der Waals surface area contributed by atoms with Crippen LogP contribution in [0.15, 0.2) is 18.2 Å².